The molecule has 0 aromatic heterocycles. The normalized spacial score (nSPS) is 14.8. The first kappa shape index (κ1) is 11.8. The standard InChI is InChI=1S/C11H12BrClO/c1-2-7-11(14,8-12)9-3-5-10(13)6-4-9/h2-6,14H,1,7-8H2. The minimum atomic E-state index is -0.883. The predicted octanol–water partition coefficient (Wildman–Crippen LogP) is 3.50. The highest BCUT2D eigenvalue weighted by atomic mass is 79.9. The van der Waals surface area contributed by atoms with E-state index in [9.17, 15) is 5.11 Å². The van der Waals surface area contributed by atoms with Gasteiger partial charge in [0.05, 0.1) is 0 Å². The van der Waals surface area contributed by atoms with E-state index in [1.807, 2.05) is 12.1 Å². The first-order valence-corrected chi connectivity index (χ1v) is 5.77. The summed E-state index contributed by atoms with van der Waals surface area (Å²) >= 11 is 9.07. The van der Waals surface area contributed by atoms with Gasteiger partial charge in [-0.15, -0.1) is 6.58 Å². The van der Waals surface area contributed by atoms with E-state index >= 15 is 0 Å². The molecule has 0 spiro atoms. The summed E-state index contributed by atoms with van der Waals surface area (Å²) in [6.45, 7) is 3.63. The van der Waals surface area contributed by atoms with Crippen molar-refractivity contribution >= 4 is 27.5 Å². The number of alkyl halides is 1. The Balaban J connectivity index is 2.99. The lowest BCUT2D eigenvalue weighted by Gasteiger charge is -2.24. The van der Waals surface area contributed by atoms with E-state index in [-0.39, 0.29) is 0 Å². The van der Waals surface area contributed by atoms with Gasteiger partial charge < -0.3 is 5.11 Å². The van der Waals surface area contributed by atoms with Crippen LogP contribution in [-0.4, -0.2) is 10.4 Å². The zero-order valence-corrected chi connectivity index (χ0v) is 10.1. The molecule has 0 amide bonds. The van der Waals surface area contributed by atoms with Crippen molar-refractivity contribution in [2.45, 2.75) is 12.0 Å². The summed E-state index contributed by atoms with van der Waals surface area (Å²) in [6, 6.07) is 7.20. The zero-order valence-electron chi connectivity index (χ0n) is 7.71. The molecule has 1 unspecified atom stereocenters. The Morgan fingerprint density at radius 3 is 2.43 bits per heavy atom. The number of hydrogen-bond donors (Lipinski definition) is 1. The Labute approximate surface area is 97.5 Å². The molecule has 0 aliphatic rings. The van der Waals surface area contributed by atoms with E-state index in [1.165, 1.54) is 0 Å². The SMILES string of the molecule is C=CCC(O)(CBr)c1ccc(Cl)cc1. The van der Waals surface area contributed by atoms with Crippen molar-refractivity contribution in [2.75, 3.05) is 5.33 Å². The monoisotopic (exact) mass is 274 g/mol. The lowest BCUT2D eigenvalue weighted by molar-refractivity contribution is 0.0673. The van der Waals surface area contributed by atoms with Crippen molar-refractivity contribution in [2.24, 2.45) is 0 Å². The van der Waals surface area contributed by atoms with E-state index in [0.717, 1.165) is 5.56 Å². The molecule has 3 heteroatoms. The van der Waals surface area contributed by atoms with Crippen LogP contribution in [0.15, 0.2) is 36.9 Å². The molecule has 0 bridgehead atoms. The molecule has 0 saturated carbocycles. The van der Waals surface area contributed by atoms with Crippen LogP contribution >= 0.6 is 27.5 Å². The number of benzene rings is 1. The molecule has 1 atom stereocenters. The second kappa shape index (κ2) is 4.96. The van der Waals surface area contributed by atoms with Crippen LogP contribution in [0.2, 0.25) is 5.02 Å². The average molecular weight is 276 g/mol. The van der Waals surface area contributed by atoms with E-state index in [1.54, 1.807) is 18.2 Å². The van der Waals surface area contributed by atoms with Crippen LogP contribution in [-0.2, 0) is 5.60 Å². The van der Waals surface area contributed by atoms with Gasteiger partial charge in [0, 0.05) is 10.4 Å². The number of halogens is 2. The Morgan fingerprint density at radius 2 is 2.00 bits per heavy atom. The highest BCUT2D eigenvalue weighted by Gasteiger charge is 2.25. The first-order chi connectivity index (χ1) is 6.62. The van der Waals surface area contributed by atoms with Crippen molar-refractivity contribution in [1.29, 1.82) is 0 Å². The van der Waals surface area contributed by atoms with Crippen LogP contribution in [0.3, 0.4) is 0 Å². The number of rotatable bonds is 4. The van der Waals surface area contributed by atoms with Crippen molar-refractivity contribution in [3.63, 3.8) is 0 Å². The molecule has 1 aromatic carbocycles. The van der Waals surface area contributed by atoms with E-state index in [2.05, 4.69) is 22.5 Å². The van der Waals surface area contributed by atoms with Gasteiger partial charge in [-0.1, -0.05) is 45.7 Å². The lowest BCUT2D eigenvalue weighted by Crippen LogP contribution is -2.26. The summed E-state index contributed by atoms with van der Waals surface area (Å²) in [5.74, 6) is 0. The second-order valence-corrected chi connectivity index (χ2v) is 4.16. The molecule has 0 heterocycles. The predicted molar refractivity (Wildman–Crippen MR) is 64.0 cm³/mol. The summed E-state index contributed by atoms with van der Waals surface area (Å²) in [5, 5.41) is 11.4. The van der Waals surface area contributed by atoms with Gasteiger partial charge in [0.1, 0.15) is 5.60 Å². The van der Waals surface area contributed by atoms with Crippen LogP contribution < -0.4 is 0 Å². The molecule has 1 nitrogen and oxygen atoms in total. The largest absolute Gasteiger partial charge is 0.384 e. The van der Waals surface area contributed by atoms with Gasteiger partial charge >= 0.3 is 0 Å². The summed E-state index contributed by atoms with van der Waals surface area (Å²) in [5.41, 5.74) is -0.0366. The fraction of sp³-hybridized carbons (Fsp3) is 0.273. The third-order valence-corrected chi connectivity index (χ3v) is 3.26. The topological polar surface area (TPSA) is 20.2 Å². The van der Waals surface area contributed by atoms with Crippen LogP contribution in [0.5, 0.6) is 0 Å². The van der Waals surface area contributed by atoms with Gasteiger partial charge in [0.2, 0.25) is 0 Å². The quantitative estimate of drug-likeness (QED) is 0.659. The first-order valence-electron chi connectivity index (χ1n) is 4.27. The molecule has 1 rings (SSSR count). The van der Waals surface area contributed by atoms with Gasteiger partial charge in [-0.2, -0.15) is 0 Å². The minimum absolute atomic E-state index is 0.480. The Hall–Kier alpha value is -0.310. The Bertz CT molecular complexity index is 310. The number of aliphatic hydroxyl groups is 1. The molecule has 1 aromatic rings. The molecule has 0 aliphatic carbocycles. The van der Waals surface area contributed by atoms with Gasteiger partial charge in [-0.3, -0.25) is 0 Å². The molecule has 0 radical (unpaired) electrons. The molecule has 76 valence electrons. The van der Waals surface area contributed by atoms with Crippen LogP contribution in [0.4, 0.5) is 0 Å². The van der Waals surface area contributed by atoms with Crippen molar-refractivity contribution in [1.82, 2.24) is 0 Å². The summed E-state index contributed by atoms with van der Waals surface area (Å²) in [6.07, 6.45) is 2.22. The van der Waals surface area contributed by atoms with Gasteiger partial charge in [0.25, 0.3) is 0 Å². The third-order valence-electron chi connectivity index (χ3n) is 2.08. The van der Waals surface area contributed by atoms with Crippen LogP contribution in [0.1, 0.15) is 12.0 Å². The van der Waals surface area contributed by atoms with E-state index < -0.39 is 5.60 Å². The molecule has 0 aliphatic heterocycles. The second-order valence-electron chi connectivity index (χ2n) is 3.16. The highest BCUT2D eigenvalue weighted by Crippen LogP contribution is 2.28. The molecule has 0 fully saturated rings. The maximum Gasteiger partial charge on any atom is 0.103 e. The third kappa shape index (κ3) is 2.59. The maximum absolute atomic E-state index is 10.2. The van der Waals surface area contributed by atoms with E-state index in [4.69, 9.17) is 11.6 Å². The van der Waals surface area contributed by atoms with E-state index in [0.29, 0.717) is 16.8 Å². The fourth-order valence-corrected chi connectivity index (χ4v) is 1.93. The van der Waals surface area contributed by atoms with Crippen molar-refractivity contribution in [3.8, 4) is 0 Å². The molecular formula is C11H12BrClO. The Morgan fingerprint density at radius 1 is 1.43 bits per heavy atom. The maximum atomic E-state index is 10.2. The van der Waals surface area contributed by atoms with Gasteiger partial charge in [-0.25, -0.2) is 0 Å². The highest BCUT2D eigenvalue weighted by molar-refractivity contribution is 9.09. The smallest absolute Gasteiger partial charge is 0.103 e. The molecule has 1 N–H and O–H groups in total. The summed E-state index contributed by atoms with van der Waals surface area (Å²) < 4.78 is 0. The lowest BCUT2D eigenvalue weighted by atomic mass is 9.93. The summed E-state index contributed by atoms with van der Waals surface area (Å²) in [4.78, 5) is 0. The molecule has 14 heavy (non-hydrogen) atoms. The van der Waals surface area contributed by atoms with Crippen LogP contribution in [0.25, 0.3) is 0 Å². The van der Waals surface area contributed by atoms with Crippen LogP contribution in [0, 0.1) is 0 Å². The molecular weight excluding hydrogens is 263 g/mol. The minimum Gasteiger partial charge on any atom is -0.384 e. The zero-order chi connectivity index (χ0) is 10.6. The number of hydrogen-bond acceptors (Lipinski definition) is 1. The van der Waals surface area contributed by atoms with Crippen molar-refractivity contribution in [3.05, 3.63) is 47.5 Å². The molecule has 0 saturated heterocycles. The van der Waals surface area contributed by atoms with Gasteiger partial charge in [0.15, 0.2) is 0 Å². The fourth-order valence-electron chi connectivity index (χ4n) is 1.25. The average Bonchev–Trinajstić information content (AvgIpc) is 2.19. The Kier molecular flexibility index (Phi) is 4.17. The summed E-state index contributed by atoms with van der Waals surface area (Å²) in [7, 11) is 0. The van der Waals surface area contributed by atoms with Crippen molar-refractivity contribution < 1.29 is 5.11 Å². The van der Waals surface area contributed by atoms with Gasteiger partial charge in [-0.05, 0) is 24.1 Å².